The first-order valence-corrected chi connectivity index (χ1v) is 6.20. The monoisotopic (exact) mass is 245 g/mol. The Kier molecular flexibility index (Phi) is 3.99. The van der Waals surface area contributed by atoms with E-state index in [1.165, 1.54) is 0 Å². The van der Waals surface area contributed by atoms with Crippen molar-refractivity contribution in [3.8, 4) is 5.75 Å². The summed E-state index contributed by atoms with van der Waals surface area (Å²) in [5.41, 5.74) is 3.18. The second kappa shape index (κ2) is 5.69. The molecule has 2 rings (SSSR count). The highest BCUT2D eigenvalue weighted by Gasteiger charge is 2.04. The molecule has 0 fully saturated rings. The molecule has 1 aromatic carbocycles. The van der Waals surface area contributed by atoms with E-state index < -0.39 is 0 Å². The van der Waals surface area contributed by atoms with Crippen LogP contribution in [-0.4, -0.2) is 14.9 Å². The van der Waals surface area contributed by atoms with Crippen LogP contribution in [0.2, 0.25) is 0 Å². The molecule has 4 heteroatoms. The molecule has 0 amide bonds. The van der Waals surface area contributed by atoms with Gasteiger partial charge in [-0.15, -0.1) is 0 Å². The predicted octanol–water partition coefficient (Wildman–Crippen LogP) is 1.98. The molecular weight excluding hydrogens is 226 g/mol. The molecule has 0 unspecified atom stereocenters. The molecule has 0 saturated heterocycles. The largest absolute Gasteiger partial charge is 0.508 e. The van der Waals surface area contributed by atoms with Crippen molar-refractivity contribution in [3.63, 3.8) is 0 Å². The number of nitrogens with one attached hydrogen (secondary N) is 1. The van der Waals surface area contributed by atoms with Crippen LogP contribution in [0.25, 0.3) is 0 Å². The molecule has 0 aliphatic rings. The molecule has 0 atom stereocenters. The minimum absolute atomic E-state index is 0.337. The number of aryl methyl sites for hydroxylation is 2. The maximum atomic E-state index is 9.65. The third-order valence-electron chi connectivity index (χ3n) is 3.00. The van der Waals surface area contributed by atoms with Crippen molar-refractivity contribution in [1.82, 2.24) is 15.1 Å². The number of nitrogens with zero attached hydrogens (tertiary/aromatic N) is 2. The number of phenolic OH excluding ortho intramolecular Hbond substituents is 1. The summed E-state index contributed by atoms with van der Waals surface area (Å²) in [4.78, 5) is 0. The zero-order valence-corrected chi connectivity index (χ0v) is 10.8. The van der Waals surface area contributed by atoms with E-state index >= 15 is 0 Å². The van der Waals surface area contributed by atoms with E-state index in [4.69, 9.17) is 0 Å². The second-order valence-corrected chi connectivity index (χ2v) is 4.34. The van der Waals surface area contributed by atoms with Gasteiger partial charge >= 0.3 is 0 Å². The fourth-order valence-corrected chi connectivity index (χ4v) is 1.90. The Morgan fingerprint density at radius 1 is 1.28 bits per heavy atom. The third-order valence-corrected chi connectivity index (χ3v) is 3.00. The molecule has 0 aliphatic carbocycles. The smallest absolute Gasteiger partial charge is 0.120 e. The topological polar surface area (TPSA) is 50.1 Å². The first kappa shape index (κ1) is 12.6. The van der Waals surface area contributed by atoms with Gasteiger partial charge in [-0.2, -0.15) is 5.10 Å². The average Bonchev–Trinajstić information content (AvgIpc) is 2.73. The van der Waals surface area contributed by atoms with Gasteiger partial charge in [0.15, 0.2) is 0 Å². The maximum absolute atomic E-state index is 9.65. The molecule has 0 spiro atoms. The fraction of sp³-hybridized carbons (Fsp3) is 0.357. The van der Waals surface area contributed by atoms with Crippen LogP contribution in [0.1, 0.15) is 23.9 Å². The van der Waals surface area contributed by atoms with Gasteiger partial charge in [-0.25, -0.2) is 0 Å². The number of phenols is 1. The minimum atomic E-state index is 0.337. The highest BCUT2D eigenvalue weighted by Crippen LogP contribution is 2.15. The maximum Gasteiger partial charge on any atom is 0.120 e. The molecule has 0 aliphatic heterocycles. The van der Waals surface area contributed by atoms with Crippen molar-refractivity contribution < 1.29 is 5.11 Å². The van der Waals surface area contributed by atoms with Crippen molar-refractivity contribution in [1.29, 1.82) is 0 Å². The van der Waals surface area contributed by atoms with E-state index in [1.807, 2.05) is 29.9 Å². The zero-order chi connectivity index (χ0) is 13.0. The Morgan fingerprint density at radius 2 is 2.06 bits per heavy atom. The Bertz CT molecular complexity index is 520. The first-order chi connectivity index (χ1) is 8.70. The van der Waals surface area contributed by atoms with Gasteiger partial charge in [0.25, 0.3) is 0 Å². The van der Waals surface area contributed by atoms with Gasteiger partial charge in [0.2, 0.25) is 0 Å². The van der Waals surface area contributed by atoms with E-state index in [2.05, 4.69) is 23.4 Å². The molecule has 0 bridgehead atoms. The van der Waals surface area contributed by atoms with Gasteiger partial charge < -0.3 is 10.4 Å². The Balaban J connectivity index is 1.92. The first-order valence-electron chi connectivity index (χ1n) is 6.20. The lowest BCUT2D eigenvalue weighted by Gasteiger charge is -2.06. The SMILES string of the molecule is CCc1cc(CNCc2ccccc2O)n(C)n1. The fourth-order valence-electron chi connectivity index (χ4n) is 1.90. The lowest BCUT2D eigenvalue weighted by Crippen LogP contribution is -2.15. The van der Waals surface area contributed by atoms with Gasteiger partial charge in [-0.1, -0.05) is 25.1 Å². The molecule has 4 nitrogen and oxygen atoms in total. The number of hydrogen-bond acceptors (Lipinski definition) is 3. The Morgan fingerprint density at radius 3 is 2.72 bits per heavy atom. The number of benzene rings is 1. The molecule has 2 N–H and O–H groups in total. The summed E-state index contributed by atoms with van der Waals surface area (Å²) in [6.07, 6.45) is 0.952. The van der Waals surface area contributed by atoms with Crippen LogP contribution >= 0.6 is 0 Å². The molecule has 1 heterocycles. The number of para-hydroxylation sites is 1. The molecule has 18 heavy (non-hydrogen) atoms. The van der Waals surface area contributed by atoms with Gasteiger partial charge in [0.05, 0.1) is 11.4 Å². The normalized spacial score (nSPS) is 10.8. The van der Waals surface area contributed by atoms with Gasteiger partial charge in [-0.05, 0) is 18.6 Å². The van der Waals surface area contributed by atoms with E-state index in [9.17, 15) is 5.11 Å². The summed E-state index contributed by atoms with van der Waals surface area (Å²) in [6.45, 7) is 3.50. The van der Waals surface area contributed by atoms with Crippen LogP contribution in [0.4, 0.5) is 0 Å². The third kappa shape index (κ3) is 2.90. The molecule has 1 aromatic heterocycles. The summed E-state index contributed by atoms with van der Waals surface area (Å²) in [5, 5.41) is 17.4. The summed E-state index contributed by atoms with van der Waals surface area (Å²) < 4.78 is 1.90. The van der Waals surface area contributed by atoms with Crippen LogP contribution in [0.3, 0.4) is 0 Å². The number of rotatable bonds is 5. The molecular formula is C14H19N3O. The van der Waals surface area contributed by atoms with E-state index in [0.29, 0.717) is 12.3 Å². The van der Waals surface area contributed by atoms with Gasteiger partial charge in [0, 0.05) is 25.7 Å². The van der Waals surface area contributed by atoms with Crippen LogP contribution in [0.5, 0.6) is 5.75 Å². The molecule has 96 valence electrons. The minimum Gasteiger partial charge on any atom is -0.508 e. The van der Waals surface area contributed by atoms with E-state index in [1.54, 1.807) is 6.07 Å². The van der Waals surface area contributed by atoms with Crippen LogP contribution in [0.15, 0.2) is 30.3 Å². The lowest BCUT2D eigenvalue weighted by molar-refractivity contribution is 0.464. The number of aromatic nitrogens is 2. The summed E-state index contributed by atoms with van der Waals surface area (Å²) >= 11 is 0. The van der Waals surface area contributed by atoms with E-state index in [0.717, 1.165) is 29.9 Å². The van der Waals surface area contributed by atoms with Crippen molar-refractivity contribution in [2.24, 2.45) is 7.05 Å². The van der Waals surface area contributed by atoms with Crippen LogP contribution in [0, 0.1) is 0 Å². The van der Waals surface area contributed by atoms with Crippen LogP contribution in [-0.2, 0) is 26.6 Å². The second-order valence-electron chi connectivity index (χ2n) is 4.34. The highest BCUT2D eigenvalue weighted by atomic mass is 16.3. The van der Waals surface area contributed by atoms with Gasteiger partial charge in [0.1, 0.15) is 5.75 Å². The lowest BCUT2D eigenvalue weighted by atomic mass is 10.2. The van der Waals surface area contributed by atoms with Gasteiger partial charge in [-0.3, -0.25) is 4.68 Å². The van der Waals surface area contributed by atoms with Crippen molar-refractivity contribution in [2.45, 2.75) is 26.4 Å². The zero-order valence-electron chi connectivity index (χ0n) is 10.8. The standard InChI is InChI=1S/C14H19N3O/c1-3-12-8-13(17(2)16-12)10-15-9-11-6-4-5-7-14(11)18/h4-8,15,18H,3,9-10H2,1-2H3. The van der Waals surface area contributed by atoms with Crippen molar-refractivity contribution >= 4 is 0 Å². The molecule has 0 saturated carbocycles. The quantitative estimate of drug-likeness (QED) is 0.847. The Hall–Kier alpha value is -1.81. The highest BCUT2D eigenvalue weighted by molar-refractivity contribution is 5.31. The summed E-state index contributed by atoms with van der Waals surface area (Å²) in [7, 11) is 1.95. The average molecular weight is 245 g/mol. The predicted molar refractivity (Wildman–Crippen MR) is 71.2 cm³/mol. The van der Waals surface area contributed by atoms with Crippen LogP contribution < -0.4 is 5.32 Å². The molecule has 2 aromatic rings. The summed E-state index contributed by atoms with van der Waals surface area (Å²) in [5.74, 6) is 0.337. The number of aromatic hydroxyl groups is 1. The van der Waals surface area contributed by atoms with E-state index in [-0.39, 0.29) is 0 Å². The number of hydrogen-bond donors (Lipinski definition) is 2. The van der Waals surface area contributed by atoms with Crippen molar-refractivity contribution in [2.75, 3.05) is 0 Å². The van der Waals surface area contributed by atoms with Crippen molar-refractivity contribution in [3.05, 3.63) is 47.3 Å². The molecule has 0 radical (unpaired) electrons. The summed E-state index contributed by atoms with van der Waals surface area (Å²) in [6, 6.07) is 9.49. The Labute approximate surface area is 107 Å².